The highest BCUT2D eigenvalue weighted by Crippen LogP contribution is 2.36. The number of hydrogen-bond donors (Lipinski definition) is 2. The summed E-state index contributed by atoms with van der Waals surface area (Å²) in [5.74, 6) is 1.14. The molecule has 0 aliphatic heterocycles. The Balaban J connectivity index is 2.06. The highest BCUT2D eigenvalue weighted by atomic mass is 16.7. The van der Waals surface area contributed by atoms with E-state index in [4.69, 9.17) is 9.47 Å². The predicted octanol–water partition coefficient (Wildman–Crippen LogP) is 4.15. The first kappa shape index (κ1) is 18.5. The lowest BCUT2D eigenvalue weighted by Crippen LogP contribution is -2.10. The average Bonchev–Trinajstić information content (AvgIpc) is 2.97. The van der Waals surface area contributed by atoms with E-state index in [1.807, 2.05) is 32.9 Å². The zero-order chi connectivity index (χ0) is 19.6. The number of nitrogens with one attached hydrogen (secondary N) is 1. The Morgan fingerprint density at radius 3 is 2.81 bits per heavy atom. The Hall–Kier alpha value is -3.29. The van der Waals surface area contributed by atoms with Gasteiger partial charge in [0.2, 0.25) is 0 Å². The Morgan fingerprint density at radius 2 is 2.15 bits per heavy atom. The minimum atomic E-state index is -0.763. The van der Waals surface area contributed by atoms with Gasteiger partial charge in [0.25, 0.3) is 0 Å². The van der Waals surface area contributed by atoms with E-state index in [2.05, 4.69) is 15.4 Å². The minimum Gasteiger partial charge on any atom is -0.508 e. The van der Waals surface area contributed by atoms with Crippen molar-refractivity contribution in [2.45, 2.75) is 33.6 Å². The molecule has 0 amide bonds. The van der Waals surface area contributed by atoms with Crippen LogP contribution in [0.2, 0.25) is 0 Å². The van der Waals surface area contributed by atoms with Crippen LogP contribution in [0, 0.1) is 6.92 Å². The molecule has 0 saturated carbocycles. The molecule has 2 heterocycles. The number of aryl methyl sites for hydroxylation is 1. The molecule has 0 aliphatic carbocycles. The van der Waals surface area contributed by atoms with E-state index in [-0.39, 0.29) is 18.3 Å². The molecule has 0 atom stereocenters. The van der Waals surface area contributed by atoms with Crippen LogP contribution >= 0.6 is 0 Å². The minimum absolute atomic E-state index is 0.0393. The predicted molar refractivity (Wildman–Crippen MR) is 101 cm³/mol. The lowest BCUT2D eigenvalue weighted by molar-refractivity contribution is 0.104. The number of nitrogens with zero attached hydrogens (tertiary/aromatic N) is 3. The summed E-state index contributed by atoms with van der Waals surface area (Å²) >= 11 is 0. The van der Waals surface area contributed by atoms with Crippen LogP contribution in [-0.4, -0.2) is 32.5 Å². The first-order valence-electron chi connectivity index (χ1n) is 8.68. The van der Waals surface area contributed by atoms with Gasteiger partial charge in [0.1, 0.15) is 17.6 Å². The number of carbonyl (C=O) groups excluding carboxylic acids is 1. The highest BCUT2D eigenvalue weighted by molar-refractivity contribution is 5.81. The number of aromatic nitrogens is 3. The van der Waals surface area contributed by atoms with Crippen LogP contribution in [0.1, 0.15) is 37.8 Å². The smallest absolute Gasteiger partial charge is 0.508 e. The van der Waals surface area contributed by atoms with Crippen LogP contribution in [0.3, 0.4) is 0 Å². The molecule has 0 saturated heterocycles. The summed E-state index contributed by atoms with van der Waals surface area (Å²) in [6.45, 7) is 7.74. The van der Waals surface area contributed by atoms with E-state index in [1.54, 1.807) is 23.7 Å². The normalized spacial score (nSPS) is 11.0. The number of hydrogen-bond acceptors (Lipinski definition) is 7. The largest absolute Gasteiger partial charge is 0.513 e. The fourth-order valence-corrected chi connectivity index (χ4v) is 2.80. The number of phenolic OH excluding ortho intramolecular Hbond substituents is 1. The quantitative estimate of drug-likeness (QED) is 0.651. The van der Waals surface area contributed by atoms with Gasteiger partial charge in [-0.1, -0.05) is 19.9 Å². The Bertz CT molecular complexity index is 981. The maximum absolute atomic E-state index is 11.8. The van der Waals surface area contributed by atoms with Crippen LogP contribution in [0.25, 0.3) is 5.52 Å². The molecule has 0 aliphatic rings. The second kappa shape index (κ2) is 7.53. The van der Waals surface area contributed by atoms with Crippen molar-refractivity contribution in [3.05, 3.63) is 41.9 Å². The second-order valence-corrected chi connectivity index (χ2v) is 6.37. The lowest BCUT2D eigenvalue weighted by atomic mass is 10.0. The molecule has 2 aromatic heterocycles. The van der Waals surface area contributed by atoms with Crippen LogP contribution < -0.4 is 10.1 Å². The van der Waals surface area contributed by atoms with E-state index >= 15 is 0 Å². The summed E-state index contributed by atoms with van der Waals surface area (Å²) < 4.78 is 11.8. The van der Waals surface area contributed by atoms with Gasteiger partial charge < -0.3 is 19.9 Å². The summed E-state index contributed by atoms with van der Waals surface area (Å²) in [5, 5.41) is 17.4. The Kier molecular flexibility index (Phi) is 5.16. The number of anilines is 2. The number of aromatic hydroxyl groups is 1. The summed E-state index contributed by atoms with van der Waals surface area (Å²) in [5.41, 5.74) is 2.93. The van der Waals surface area contributed by atoms with Gasteiger partial charge in [-0.2, -0.15) is 5.10 Å². The first-order chi connectivity index (χ1) is 12.9. The van der Waals surface area contributed by atoms with Crippen LogP contribution in [-0.2, 0) is 4.74 Å². The van der Waals surface area contributed by atoms with Gasteiger partial charge in [0, 0.05) is 17.3 Å². The summed E-state index contributed by atoms with van der Waals surface area (Å²) in [7, 11) is 0. The van der Waals surface area contributed by atoms with Gasteiger partial charge in [-0.3, -0.25) is 0 Å². The molecule has 142 valence electrons. The molecule has 1 aromatic carbocycles. The Labute approximate surface area is 156 Å². The summed E-state index contributed by atoms with van der Waals surface area (Å²) in [4.78, 5) is 16.1. The summed E-state index contributed by atoms with van der Waals surface area (Å²) in [6, 6.07) is 5.29. The van der Waals surface area contributed by atoms with Gasteiger partial charge in [-0.25, -0.2) is 14.3 Å². The van der Waals surface area contributed by atoms with Crippen molar-refractivity contribution in [2.24, 2.45) is 0 Å². The molecule has 3 aromatic rings. The van der Waals surface area contributed by atoms with E-state index in [0.717, 1.165) is 11.1 Å². The van der Waals surface area contributed by atoms with Gasteiger partial charge in [-0.05, 0) is 31.4 Å². The van der Waals surface area contributed by atoms with Crippen molar-refractivity contribution in [1.29, 1.82) is 0 Å². The van der Waals surface area contributed by atoms with Gasteiger partial charge in [0.15, 0.2) is 11.6 Å². The number of ether oxygens (including phenoxy) is 2. The van der Waals surface area contributed by atoms with Crippen molar-refractivity contribution >= 4 is 23.2 Å². The first-order valence-corrected chi connectivity index (χ1v) is 8.68. The lowest BCUT2D eigenvalue weighted by Gasteiger charge is -2.12. The van der Waals surface area contributed by atoms with Crippen LogP contribution in [0.15, 0.2) is 30.7 Å². The maximum Gasteiger partial charge on any atom is 0.513 e. The number of rotatable bonds is 5. The molecule has 0 radical (unpaired) electrons. The van der Waals surface area contributed by atoms with Crippen molar-refractivity contribution in [1.82, 2.24) is 14.6 Å². The topological polar surface area (TPSA) is 98.0 Å². The van der Waals surface area contributed by atoms with E-state index in [1.165, 1.54) is 6.33 Å². The number of fused-ring (bicyclic) bond motifs is 1. The molecule has 8 nitrogen and oxygen atoms in total. The van der Waals surface area contributed by atoms with E-state index in [0.29, 0.717) is 22.8 Å². The van der Waals surface area contributed by atoms with Gasteiger partial charge in [0.05, 0.1) is 12.8 Å². The number of benzene rings is 1. The van der Waals surface area contributed by atoms with Crippen molar-refractivity contribution < 1.29 is 19.4 Å². The number of carbonyl (C=O) groups is 1. The summed E-state index contributed by atoms with van der Waals surface area (Å²) in [6.07, 6.45) is 2.27. The molecule has 3 rings (SSSR count). The fraction of sp³-hybridized carbons (Fsp3) is 0.316. The SMILES string of the molecule is CCOC(=O)Oc1cn2ncnc(Nc3ccc(C)c(O)c3)c2c1C(C)C. The Morgan fingerprint density at radius 1 is 1.37 bits per heavy atom. The molecule has 0 bridgehead atoms. The van der Waals surface area contributed by atoms with E-state index in [9.17, 15) is 9.90 Å². The fourth-order valence-electron chi connectivity index (χ4n) is 2.80. The highest BCUT2D eigenvalue weighted by Gasteiger charge is 2.22. The molecule has 0 fully saturated rings. The molecule has 27 heavy (non-hydrogen) atoms. The molecule has 0 unspecified atom stereocenters. The second-order valence-electron chi connectivity index (χ2n) is 6.37. The molecular weight excluding hydrogens is 348 g/mol. The van der Waals surface area contributed by atoms with Crippen molar-refractivity contribution in [3.63, 3.8) is 0 Å². The zero-order valence-corrected chi connectivity index (χ0v) is 15.7. The molecular formula is C19H22N4O4. The van der Waals surface area contributed by atoms with Crippen LogP contribution in [0.4, 0.5) is 16.3 Å². The van der Waals surface area contributed by atoms with E-state index < -0.39 is 6.16 Å². The molecule has 8 heteroatoms. The van der Waals surface area contributed by atoms with Gasteiger partial charge in [-0.15, -0.1) is 0 Å². The van der Waals surface area contributed by atoms with Crippen LogP contribution in [0.5, 0.6) is 11.5 Å². The third-order valence-corrected chi connectivity index (χ3v) is 4.08. The average molecular weight is 370 g/mol. The standard InChI is InChI=1S/C19H22N4O4/c1-5-26-19(25)27-15-9-23-17(16(15)11(2)3)18(20-10-21-23)22-13-7-6-12(4)14(24)8-13/h6-11,24H,5H2,1-4H3,(H,20,21,22). The van der Waals surface area contributed by atoms with Gasteiger partial charge >= 0.3 is 6.16 Å². The molecule has 0 spiro atoms. The monoisotopic (exact) mass is 370 g/mol. The maximum atomic E-state index is 11.8. The van der Waals surface area contributed by atoms with Crippen molar-refractivity contribution in [2.75, 3.05) is 11.9 Å². The zero-order valence-electron chi connectivity index (χ0n) is 15.7. The molecule has 2 N–H and O–H groups in total. The number of phenols is 1. The third kappa shape index (κ3) is 3.79. The third-order valence-electron chi connectivity index (χ3n) is 4.08. The van der Waals surface area contributed by atoms with Crippen molar-refractivity contribution in [3.8, 4) is 11.5 Å².